The van der Waals surface area contributed by atoms with E-state index >= 15 is 0 Å². The van der Waals surface area contributed by atoms with Crippen LogP contribution >= 0.6 is 22.7 Å². The van der Waals surface area contributed by atoms with Crippen molar-refractivity contribution in [1.82, 2.24) is 15.5 Å². The molecule has 0 spiro atoms. The van der Waals surface area contributed by atoms with Crippen molar-refractivity contribution in [1.29, 1.82) is 0 Å². The van der Waals surface area contributed by atoms with Crippen LogP contribution in [0, 0.1) is 6.92 Å². The number of hydrogen-bond donors (Lipinski definition) is 1. The normalized spacial score (nSPS) is 13.6. The highest BCUT2D eigenvalue weighted by atomic mass is 32.1. The van der Waals surface area contributed by atoms with E-state index in [1.54, 1.807) is 22.7 Å². The van der Waals surface area contributed by atoms with Crippen molar-refractivity contribution in [2.24, 2.45) is 0 Å². The van der Waals surface area contributed by atoms with Gasteiger partial charge >= 0.3 is 0 Å². The van der Waals surface area contributed by atoms with Crippen LogP contribution in [0.5, 0.6) is 0 Å². The fourth-order valence-corrected chi connectivity index (χ4v) is 4.24. The zero-order chi connectivity index (χ0) is 17.9. The molecule has 0 aliphatic rings. The Labute approximate surface area is 160 Å². The minimum absolute atomic E-state index is 0.0652. The summed E-state index contributed by atoms with van der Waals surface area (Å²) in [5, 5.41) is 16.2. The highest BCUT2D eigenvalue weighted by Gasteiger charge is 2.22. The first-order chi connectivity index (χ1) is 12.7. The number of rotatable bonds is 6. The third kappa shape index (κ3) is 3.62. The second-order valence-electron chi connectivity index (χ2n) is 6.17. The number of aromatic nitrogens is 2. The summed E-state index contributed by atoms with van der Waals surface area (Å²) in [5.41, 5.74) is 2.48. The van der Waals surface area contributed by atoms with Crippen molar-refractivity contribution in [2.45, 2.75) is 25.9 Å². The van der Waals surface area contributed by atoms with Crippen LogP contribution in [0.25, 0.3) is 10.8 Å². The van der Waals surface area contributed by atoms with E-state index in [4.69, 9.17) is 4.42 Å². The Morgan fingerprint density at radius 2 is 1.73 bits per heavy atom. The molecule has 0 unspecified atom stereocenters. The molecule has 0 bridgehead atoms. The van der Waals surface area contributed by atoms with Gasteiger partial charge in [0.2, 0.25) is 5.89 Å². The summed E-state index contributed by atoms with van der Waals surface area (Å²) in [6.45, 7) is 4.16. The Bertz CT molecular complexity index is 944. The predicted molar refractivity (Wildman–Crippen MR) is 107 cm³/mol. The zero-order valence-corrected chi connectivity index (χ0v) is 16.2. The molecular weight excluding hydrogens is 362 g/mol. The van der Waals surface area contributed by atoms with Crippen molar-refractivity contribution >= 4 is 22.7 Å². The maximum absolute atomic E-state index is 5.89. The minimum atomic E-state index is -0.0652. The molecule has 132 valence electrons. The van der Waals surface area contributed by atoms with E-state index in [-0.39, 0.29) is 12.1 Å². The van der Waals surface area contributed by atoms with E-state index in [0.29, 0.717) is 11.8 Å². The lowest BCUT2D eigenvalue weighted by Crippen LogP contribution is -2.25. The summed E-state index contributed by atoms with van der Waals surface area (Å²) in [6.07, 6.45) is 0. The maximum atomic E-state index is 5.89. The van der Waals surface area contributed by atoms with Crippen molar-refractivity contribution in [3.05, 3.63) is 81.2 Å². The van der Waals surface area contributed by atoms with Gasteiger partial charge < -0.3 is 4.42 Å². The Balaban J connectivity index is 1.58. The van der Waals surface area contributed by atoms with Crippen LogP contribution < -0.4 is 5.32 Å². The molecule has 4 aromatic rings. The van der Waals surface area contributed by atoms with E-state index in [0.717, 1.165) is 4.88 Å². The molecule has 0 aliphatic carbocycles. The first-order valence-electron chi connectivity index (χ1n) is 8.44. The molecule has 0 amide bonds. The first-order valence-corrected chi connectivity index (χ1v) is 10.2. The predicted octanol–water partition coefficient (Wildman–Crippen LogP) is 5.61. The molecule has 0 saturated heterocycles. The van der Waals surface area contributed by atoms with E-state index in [1.807, 2.05) is 17.5 Å². The Morgan fingerprint density at radius 3 is 2.42 bits per heavy atom. The molecule has 0 radical (unpaired) electrons. The van der Waals surface area contributed by atoms with Crippen molar-refractivity contribution < 1.29 is 4.42 Å². The monoisotopic (exact) mass is 381 g/mol. The second-order valence-corrected chi connectivity index (χ2v) is 8.10. The van der Waals surface area contributed by atoms with Crippen LogP contribution in [0.3, 0.4) is 0 Å². The Hall–Kier alpha value is -2.28. The van der Waals surface area contributed by atoms with E-state index < -0.39 is 0 Å². The summed E-state index contributed by atoms with van der Waals surface area (Å²) in [4.78, 5) is 2.25. The molecule has 1 N–H and O–H groups in total. The molecule has 3 heterocycles. The third-order valence-corrected chi connectivity index (χ3v) is 5.99. The molecule has 4 nitrogen and oxygen atoms in total. The molecule has 3 aromatic heterocycles. The van der Waals surface area contributed by atoms with Gasteiger partial charge in [0.15, 0.2) is 0 Å². The number of benzene rings is 1. The second kappa shape index (κ2) is 7.53. The van der Waals surface area contributed by atoms with Gasteiger partial charge in [0.25, 0.3) is 5.89 Å². The average Bonchev–Trinajstić information content (AvgIpc) is 3.42. The number of nitrogens with zero attached hydrogens (tertiary/aromatic N) is 2. The Kier molecular flexibility index (Phi) is 4.97. The summed E-state index contributed by atoms with van der Waals surface area (Å²) >= 11 is 3.34. The fraction of sp³-hybridized carbons (Fsp3) is 0.200. The van der Waals surface area contributed by atoms with Gasteiger partial charge in [-0.15, -0.1) is 32.9 Å². The third-order valence-electron chi connectivity index (χ3n) is 4.20. The van der Waals surface area contributed by atoms with Crippen molar-refractivity contribution in [3.8, 4) is 10.8 Å². The summed E-state index contributed by atoms with van der Waals surface area (Å²) in [5.74, 6) is 1.17. The number of aryl methyl sites for hydroxylation is 1. The van der Waals surface area contributed by atoms with Crippen molar-refractivity contribution in [3.63, 3.8) is 0 Å². The molecule has 1 aromatic carbocycles. The molecule has 2 atom stereocenters. The van der Waals surface area contributed by atoms with Gasteiger partial charge in [0.05, 0.1) is 17.0 Å². The lowest BCUT2D eigenvalue weighted by atomic mass is 10.0. The van der Waals surface area contributed by atoms with Crippen LogP contribution in [-0.2, 0) is 0 Å². The number of hydrogen-bond acceptors (Lipinski definition) is 6. The zero-order valence-electron chi connectivity index (χ0n) is 14.5. The highest BCUT2D eigenvalue weighted by molar-refractivity contribution is 7.13. The molecule has 0 aliphatic heterocycles. The van der Waals surface area contributed by atoms with Gasteiger partial charge in [0, 0.05) is 4.88 Å². The SMILES string of the molecule is Cc1ccc([C@H](N[C@@H](C)c2nnc(-c3cccs3)o2)c2cccs2)cc1. The van der Waals surface area contributed by atoms with Gasteiger partial charge in [-0.1, -0.05) is 42.0 Å². The minimum Gasteiger partial charge on any atom is -0.418 e. The van der Waals surface area contributed by atoms with Gasteiger partial charge in [-0.2, -0.15) is 0 Å². The topological polar surface area (TPSA) is 51.0 Å². The quantitative estimate of drug-likeness (QED) is 0.472. The summed E-state index contributed by atoms with van der Waals surface area (Å²) in [7, 11) is 0. The molecule has 4 rings (SSSR count). The molecule has 0 saturated carbocycles. The standard InChI is InChI=1S/C20H19N3OS2/c1-13-7-9-15(10-8-13)18(16-5-3-11-25-16)21-14(2)19-22-23-20(24-19)17-6-4-12-26-17/h3-12,14,18,21H,1-2H3/t14-,18-/m0/s1. The van der Waals surface area contributed by atoms with Crippen LogP contribution in [0.2, 0.25) is 0 Å². The molecular formula is C20H19N3OS2. The lowest BCUT2D eigenvalue weighted by molar-refractivity contribution is 0.405. The number of thiophene rings is 2. The van der Waals surface area contributed by atoms with E-state index in [9.17, 15) is 0 Å². The summed E-state index contributed by atoms with van der Waals surface area (Å²) in [6, 6.07) is 16.8. The average molecular weight is 382 g/mol. The largest absolute Gasteiger partial charge is 0.418 e. The van der Waals surface area contributed by atoms with Crippen LogP contribution in [0.15, 0.2) is 63.7 Å². The lowest BCUT2D eigenvalue weighted by Gasteiger charge is -2.21. The van der Waals surface area contributed by atoms with E-state index in [1.165, 1.54) is 16.0 Å². The van der Waals surface area contributed by atoms with Crippen LogP contribution in [0.4, 0.5) is 0 Å². The summed E-state index contributed by atoms with van der Waals surface area (Å²) < 4.78 is 5.89. The molecule has 0 fully saturated rings. The van der Waals surface area contributed by atoms with Gasteiger partial charge in [-0.25, -0.2) is 0 Å². The smallest absolute Gasteiger partial charge is 0.257 e. The van der Waals surface area contributed by atoms with E-state index in [2.05, 4.69) is 71.1 Å². The van der Waals surface area contributed by atoms with Crippen LogP contribution in [-0.4, -0.2) is 10.2 Å². The number of nitrogens with one attached hydrogen (secondary N) is 1. The fourth-order valence-electron chi connectivity index (χ4n) is 2.79. The molecule has 6 heteroatoms. The van der Waals surface area contributed by atoms with Gasteiger partial charge in [0.1, 0.15) is 0 Å². The maximum Gasteiger partial charge on any atom is 0.257 e. The van der Waals surface area contributed by atoms with Crippen molar-refractivity contribution in [2.75, 3.05) is 0 Å². The van der Waals surface area contributed by atoms with Gasteiger partial charge in [-0.3, -0.25) is 5.32 Å². The molecule has 26 heavy (non-hydrogen) atoms. The highest BCUT2D eigenvalue weighted by Crippen LogP contribution is 2.30. The Morgan fingerprint density at radius 1 is 0.962 bits per heavy atom. The van der Waals surface area contributed by atoms with Gasteiger partial charge in [-0.05, 0) is 42.3 Å². The van der Waals surface area contributed by atoms with Crippen LogP contribution in [0.1, 0.15) is 40.9 Å². The first kappa shape index (κ1) is 17.1.